The van der Waals surface area contributed by atoms with E-state index in [9.17, 15) is 5.11 Å². The Morgan fingerprint density at radius 2 is 1.49 bits per heavy atom. The molecule has 0 fully saturated rings. The summed E-state index contributed by atoms with van der Waals surface area (Å²) >= 11 is 0. The third kappa shape index (κ3) is 12.9. The predicted octanol–water partition coefficient (Wildman–Crippen LogP) is 9.56. The first kappa shape index (κ1) is 32.8. The second kappa shape index (κ2) is 18.1. The minimum absolute atomic E-state index is 0.218. The molecule has 0 aliphatic heterocycles. The van der Waals surface area contributed by atoms with Gasteiger partial charge in [-0.2, -0.15) is 0 Å². The molecule has 0 amide bonds. The number of aromatic nitrogens is 1. The van der Waals surface area contributed by atoms with E-state index in [1.54, 1.807) is 6.20 Å². The largest absolute Gasteiger partial charge is 0.393 e. The molecule has 0 spiro atoms. The highest BCUT2D eigenvalue weighted by molar-refractivity contribution is 5.82. The Balaban J connectivity index is 0.000000580. The van der Waals surface area contributed by atoms with Crippen molar-refractivity contribution < 1.29 is 5.11 Å². The fourth-order valence-corrected chi connectivity index (χ4v) is 3.68. The first-order valence-electron chi connectivity index (χ1n) is 13.8. The summed E-state index contributed by atoms with van der Waals surface area (Å²) in [6, 6.07) is 17.3. The lowest BCUT2D eigenvalue weighted by molar-refractivity contribution is 0.164. The average Bonchev–Trinajstić information content (AvgIpc) is 2.86. The lowest BCUT2D eigenvalue weighted by Crippen LogP contribution is -2.11. The number of rotatable bonds is 7. The molecule has 35 heavy (non-hydrogen) atoms. The molecule has 196 valence electrons. The van der Waals surface area contributed by atoms with Gasteiger partial charge in [0.25, 0.3) is 0 Å². The van der Waals surface area contributed by atoms with Crippen LogP contribution >= 0.6 is 0 Å². The van der Waals surface area contributed by atoms with E-state index in [0.717, 1.165) is 30.6 Å². The Labute approximate surface area is 217 Å². The van der Waals surface area contributed by atoms with E-state index in [4.69, 9.17) is 0 Å². The predicted molar refractivity (Wildman–Crippen MR) is 157 cm³/mol. The van der Waals surface area contributed by atoms with Crippen molar-refractivity contribution in [1.82, 2.24) is 4.98 Å². The van der Waals surface area contributed by atoms with Gasteiger partial charge in [0.2, 0.25) is 0 Å². The van der Waals surface area contributed by atoms with Crippen LogP contribution in [0.1, 0.15) is 105 Å². The number of nitrogens with zero attached hydrogens (tertiary/aromatic N) is 1. The summed E-state index contributed by atoms with van der Waals surface area (Å²) in [4.78, 5) is 4.08. The van der Waals surface area contributed by atoms with Crippen molar-refractivity contribution in [2.24, 2.45) is 5.92 Å². The monoisotopic (exact) mass is 479 g/mol. The number of benzene rings is 2. The van der Waals surface area contributed by atoms with Gasteiger partial charge in [0.1, 0.15) is 0 Å². The van der Waals surface area contributed by atoms with E-state index >= 15 is 0 Å². The van der Waals surface area contributed by atoms with E-state index in [1.165, 1.54) is 34.9 Å². The van der Waals surface area contributed by atoms with Crippen molar-refractivity contribution in [2.45, 2.75) is 113 Å². The zero-order chi connectivity index (χ0) is 26.9. The van der Waals surface area contributed by atoms with Crippen molar-refractivity contribution in [1.29, 1.82) is 0 Å². The van der Waals surface area contributed by atoms with E-state index in [0.29, 0.717) is 0 Å². The molecule has 0 radical (unpaired) electrons. The fraction of sp³-hybridized carbons (Fsp3) is 0.545. The Kier molecular flexibility index (Phi) is 17.0. The molecule has 3 rings (SSSR count). The Bertz CT molecular complexity index is 926. The number of pyridine rings is 1. The van der Waals surface area contributed by atoms with Crippen LogP contribution in [0.2, 0.25) is 0 Å². The van der Waals surface area contributed by atoms with Crippen molar-refractivity contribution >= 4 is 10.8 Å². The molecule has 3 aromatic rings. The number of fused-ring (bicyclic) bond motifs is 1. The van der Waals surface area contributed by atoms with Crippen LogP contribution in [0.15, 0.2) is 60.9 Å². The van der Waals surface area contributed by atoms with E-state index < -0.39 is 0 Å². The van der Waals surface area contributed by atoms with Gasteiger partial charge in [-0.25, -0.2) is 0 Å². The molecule has 1 N–H and O–H groups in total. The zero-order valence-electron chi connectivity index (χ0n) is 24.4. The Morgan fingerprint density at radius 3 is 2.09 bits per heavy atom. The molecule has 0 aliphatic carbocycles. The van der Waals surface area contributed by atoms with Crippen LogP contribution in [0.3, 0.4) is 0 Å². The molecule has 0 bridgehead atoms. The SMILES string of the molecule is CC.CC.CCC(C)Cc1cccc(C(C)(C)C)c1.CCCC(O)Cc1ccc2cnccc2c1. The third-order valence-electron chi connectivity index (χ3n) is 5.87. The summed E-state index contributed by atoms with van der Waals surface area (Å²) in [5.74, 6) is 0.792. The van der Waals surface area contributed by atoms with Gasteiger partial charge in [0, 0.05) is 17.8 Å². The topological polar surface area (TPSA) is 33.1 Å². The first-order chi connectivity index (χ1) is 16.7. The van der Waals surface area contributed by atoms with E-state index in [1.807, 2.05) is 40.0 Å². The maximum Gasteiger partial charge on any atom is 0.0580 e. The average molecular weight is 480 g/mol. The second-order valence-electron chi connectivity index (χ2n) is 9.87. The molecule has 0 saturated heterocycles. The van der Waals surface area contributed by atoms with Crippen LogP contribution in [0.25, 0.3) is 10.8 Å². The van der Waals surface area contributed by atoms with Gasteiger partial charge in [-0.15, -0.1) is 0 Å². The lowest BCUT2D eigenvalue weighted by atomic mass is 9.85. The van der Waals surface area contributed by atoms with Gasteiger partial charge < -0.3 is 5.11 Å². The Hall–Kier alpha value is -2.19. The standard InChI is InChI=1S/C15H24.C14H17NO.2C2H6/c1-6-12(2)10-13-8-7-9-14(11-13)15(3,4)5;1-2-3-14(16)9-11-4-5-13-10-15-7-6-12(13)8-11;2*1-2/h7-9,11-12H,6,10H2,1-5H3;4-8,10,14,16H,2-3,9H2,1H3;2*1-2H3. The van der Waals surface area contributed by atoms with Gasteiger partial charge in [-0.1, -0.05) is 125 Å². The molecule has 1 aromatic heterocycles. The normalized spacial score (nSPS) is 12.2. The fourth-order valence-electron chi connectivity index (χ4n) is 3.68. The van der Waals surface area contributed by atoms with Gasteiger partial charge in [-0.05, 0) is 58.7 Å². The highest BCUT2D eigenvalue weighted by Gasteiger charge is 2.13. The van der Waals surface area contributed by atoms with Gasteiger partial charge in [0.15, 0.2) is 0 Å². The van der Waals surface area contributed by atoms with Crippen molar-refractivity contribution in [3.8, 4) is 0 Å². The molecule has 2 aromatic carbocycles. The third-order valence-corrected chi connectivity index (χ3v) is 5.87. The highest BCUT2D eigenvalue weighted by atomic mass is 16.3. The molecule has 2 nitrogen and oxygen atoms in total. The molecule has 2 unspecified atom stereocenters. The van der Waals surface area contributed by atoms with Crippen molar-refractivity contribution in [3.05, 3.63) is 77.6 Å². The van der Waals surface area contributed by atoms with Crippen LogP contribution in [0, 0.1) is 5.92 Å². The highest BCUT2D eigenvalue weighted by Crippen LogP contribution is 2.24. The summed E-state index contributed by atoms with van der Waals surface area (Å²) in [6.07, 6.45) is 8.56. The molecule has 0 aliphatic rings. The number of hydrogen-bond acceptors (Lipinski definition) is 2. The quantitative estimate of drug-likeness (QED) is 0.366. The van der Waals surface area contributed by atoms with Crippen LogP contribution in [0.4, 0.5) is 0 Å². The minimum atomic E-state index is -0.218. The number of aliphatic hydroxyl groups is 1. The van der Waals surface area contributed by atoms with Crippen LogP contribution in [0.5, 0.6) is 0 Å². The van der Waals surface area contributed by atoms with Crippen LogP contribution < -0.4 is 0 Å². The summed E-state index contributed by atoms with van der Waals surface area (Å²) in [6.45, 7) is 21.5. The maximum absolute atomic E-state index is 9.76. The maximum atomic E-state index is 9.76. The van der Waals surface area contributed by atoms with Crippen LogP contribution in [-0.2, 0) is 18.3 Å². The zero-order valence-corrected chi connectivity index (χ0v) is 24.4. The van der Waals surface area contributed by atoms with Gasteiger partial charge in [0.05, 0.1) is 6.10 Å². The first-order valence-corrected chi connectivity index (χ1v) is 13.8. The summed E-state index contributed by atoms with van der Waals surface area (Å²) in [5, 5.41) is 12.1. The van der Waals surface area contributed by atoms with Crippen LogP contribution in [-0.4, -0.2) is 16.2 Å². The van der Waals surface area contributed by atoms with Crippen molar-refractivity contribution in [2.75, 3.05) is 0 Å². The molecule has 2 atom stereocenters. The number of hydrogen-bond donors (Lipinski definition) is 1. The summed E-state index contributed by atoms with van der Waals surface area (Å²) in [7, 11) is 0. The molecule has 2 heteroatoms. The lowest BCUT2D eigenvalue weighted by Gasteiger charge is -2.20. The molecule has 1 heterocycles. The van der Waals surface area contributed by atoms with Crippen molar-refractivity contribution in [3.63, 3.8) is 0 Å². The smallest absolute Gasteiger partial charge is 0.0580 e. The number of aliphatic hydroxyl groups excluding tert-OH is 1. The van der Waals surface area contributed by atoms with Gasteiger partial charge in [-0.3, -0.25) is 4.98 Å². The summed E-state index contributed by atoms with van der Waals surface area (Å²) < 4.78 is 0. The minimum Gasteiger partial charge on any atom is -0.393 e. The summed E-state index contributed by atoms with van der Waals surface area (Å²) in [5.41, 5.74) is 4.39. The molecular weight excluding hydrogens is 426 g/mol. The van der Waals surface area contributed by atoms with E-state index in [-0.39, 0.29) is 11.5 Å². The molecular formula is C33H53NO. The Morgan fingerprint density at radius 1 is 0.829 bits per heavy atom. The molecule has 0 saturated carbocycles. The van der Waals surface area contributed by atoms with Gasteiger partial charge >= 0.3 is 0 Å². The van der Waals surface area contributed by atoms with E-state index in [2.05, 4.69) is 89.0 Å². The second-order valence-corrected chi connectivity index (χ2v) is 9.87.